The molecule has 4 aromatic rings. The molecule has 0 bridgehead atoms. The number of ether oxygens (including phenoxy) is 2. The van der Waals surface area contributed by atoms with Crippen molar-refractivity contribution in [1.82, 2.24) is 5.43 Å². The van der Waals surface area contributed by atoms with Crippen LogP contribution in [-0.2, 0) is 10.0 Å². The van der Waals surface area contributed by atoms with Gasteiger partial charge in [-0.05, 0) is 85.8 Å². The number of rotatable bonds is 10. The van der Waals surface area contributed by atoms with Gasteiger partial charge in [0.1, 0.15) is 11.5 Å². The molecule has 1 amide bonds. The summed E-state index contributed by atoms with van der Waals surface area (Å²) in [6, 6.07) is 23.2. The lowest BCUT2D eigenvalue weighted by Gasteiger charge is -2.12. The first-order valence-electron chi connectivity index (χ1n) is 12.1. The molecule has 0 spiro atoms. The highest BCUT2D eigenvalue weighted by molar-refractivity contribution is 9.10. The number of nitrogens with zero attached hydrogens (tertiary/aromatic N) is 1. The van der Waals surface area contributed by atoms with E-state index in [2.05, 4.69) is 31.2 Å². The fraction of sp³-hybridized carbons (Fsp3) is 0.0690. The number of para-hydroxylation sites is 1. The van der Waals surface area contributed by atoms with Gasteiger partial charge in [-0.15, -0.1) is 0 Å². The molecule has 0 atom stereocenters. The number of hydrogen-bond acceptors (Lipinski definition) is 7. The Hall–Kier alpha value is -4.19. The Morgan fingerprint density at radius 1 is 0.976 bits per heavy atom. The molecule has 41 heavy (non-hydrogen) atoms. The predicted molar refractivity (Wildman–Crippen MR) is 160 cm³/mol. The molecular weight excluding hydrogens is 634 g/mol. The van der Waals surface area contributed by atoms with E-state index in [0.717, 1.165) is 0 Å². The number of benzene rings is 4. The molecule has 0 aromatic heterocycles. The number of nitrogens with one attached hydrogen (secondary N) is 2. The highest BCUT2D eigenvalue weighted by Crippen LogP contribution is 2.24. The zero-order valence-corrected chi connectivity index (χ0v) is 24.7. The number of amides is 1. The van der Waals surface area contributed by atoms with Crippen molar-refractivity contribution in [2.75, 3.05) is 11.3 Å². The van der Waals surface area contributed by atoms with Gasteiger partial charge in [0.05, 0.1) is 34.5 Å². The Morgan fingerprint density at radius 2 is 1.68 bits per heavy atom. The molecule has 0 aliphatic carbocycles. The van der Waals surface area contributed by atoms with E-state index in [1.54, 1.807) is 54.6 Å². The summed E-state index contributed by atoms with van der Waals surface area (Å²) in [5.41, 5.74) is 3.20. The maximum absolute atomic E-state index is 12.9. The first kappa shape index (κ1) is 29.8. The minimum Gasteiger partial charge on any atom is -0.494 e. The van der Waals surface area contributed by atoms with E-state index in [1.165, 1.54) is 42.6 Å². The largest absolute Gasteiger partial charge is 0.494 e. The van der Waals surface area contributed by atoms with Crippen LogP contribution in [0.3, 0.4) is 0 Å². The summed E-state index contributed by atoms with van der Waals surface area (Å²) >= 11 is 9.23. The van der Waals surface area contributed by atoms with E-state index in [0.29, 0.717) is 33.0 Å². The highest BCUT2D eigenvalue weighted by atomic mass is 79.9. The van der Waals surface area contributed by atoms with Crippen molar-refractivity contribution < 1.29 is 27.5 Å². The van der Waals surface area contributed by atoms with Crippen molar-refractivity contribution in [2.45, 2.75) is 11.8 Å². The molecule has 0 aliphatic heterocycles. The molecule has 0 unspecified atom stereocenters. The number of halogens is 2. The van der Waals surface area contributed by atoms with Crippen molar-refractivity contribution in [3.8, 4) is 11.5 Å². The summed E-state index contributed by atoms with van der Waals surface area (Å²) < 4.78 is 39.7. The van der Waals surface area contributed by atoms with Crippen LogP contribution in [0.5, 0.6) is 11.5 Å². The van der Waals surface area contributed by atoms with Crippen molar-refractivity contribution in [2.24, 2.45) is 5.10 Å². The molecule has 0 saturated heterocycles. The maximum Gasteiger partial charge on any atom is 0.343 e. The lowest BCUT2D eigenvalue weighted by molar-refractivity contribution is 0.0734. The van der Waals surface area contributed by atoms with Gasteiger partial charge >= 0.3 is 5.97 Å². The highest BCUT2D eigenvalue weighted by Gasteiger charge is 2.19. The van der Waals surface area contributed by atoms with Crippen LogP contribution in [0.2, 0.25) is 5.02 Å². The average molecular weight is 657 g/mol. The quantitative estimate of drug-likeness (QED) is 0.0896. The third kappa shape index (κ3) is 7.94. The van der Waals surface area contributed by atoms with Crippen LogP contribution in [0.25, 0.3) is 0 Å². The van der Waals surface area contributed by atoms with Gasteiger partial charge in [-0.3, -0.25) is 9.52 Å². The molecule has 0 radical (unpaired) electrons. The second kappa shape index (κ2) is 13.4. The SMILES string of the molecule is CCOc1ccc(C(=O)Oc2ccc(Br)cc2/C=N/NC(=O)c2ccccc2NS(=O)(=O)c2ccc(Cl)cc2)cc1. The summed E-state index contributed by atoms with van der Waals surface area (Å²) in [6.45, 7) is 2.37. The Kier molecular flexibility index (Phi) is 9.77. The van der Waals surface area contributed by atoms with Crippen LogP contribution in [0.15, 0.2) is 105 Å². The third-order valence-electron chi connectivity index (χ3n) is 5.49. The lowest BCUT2D eigenvalue weighted by atomic mass is 10.2. The van der Waals surface area contributed by atoms with E-state index < -0.39 is 21.9 Å². The van der Waals surface area contributed by atoms with Gasteiger partial charge in [0.2, 0.25) is 0 Å². The normalized spacial score (nSPS) is 11.2. The number of carbonyl (C=O) groups excluding carboxylic acids is 2. The van der Waals surface area contributed by atoms with Gasteiger partial charge in [0, 0.05) is 15.1 Å². The fourth-order valence-corrected chi connectivity index (χ4v) is 5.12. The van der Waals surface area contributed by atoms with E-state index in [4.69, 9.17) is 21.1 Å². The van der Waals surface area contributed by atoms with E-state index >= 15 is 0 Å². The van der Waals surface area contributed by atoms with Crippen molar-refractivity contribution in [1.29, 1.82) is 0 Å². The smallest absolute Gasteiger partial charge is 0.343 e. The number of sulfonamides is 1. The number of hydrogen-bond donors (Lipinski definition) is 2. The molecule has 9 nitrogen and oxygen atoms in total. The molecule has 0 fully saturated rings. The van der Waals surface area contributed by atoms with Crippen molar-refractivity contribution in [3.63, 3.8) is 0 Å². The Morgan fingerprint density at radius 3 is 2.39 bits per heavy atom. The number of esters is 1. The van der Waals surface area contributed by atoms with Crippen LogP contribution in [0, 0.1) is 0 Å². The van der Waals surface area contributed by atoms with Crippen molar-refractivity contribution in [3.05, 3.63) is 117 Å². The lowest BCUT2D eigenvalue weighted by Crippen LogP contribution is -2.21. The van der Waals surface area contributed by atoms with Gasteiger partial charge in [-0.1, -0.05) is 39.7 Å². The fourth-order valence-electron chi connectivity index (χ4n) is 3.53. The topological polar surface area (TPSA) is 123 Å². The van der Waals surface area contributed by atoms with Gasteiger partial charge < -0.3 is 9.47 Å². The Balaban J connectivity index is 1.48. The summed E-state index contributed by atoms with van der Waals surface area (Å²) in [7, 11) is -3.99. The summed E-state index contributed by atoms with van der Waals surface area (Å²) in [4.78, 5) is 25.6. The zero-order valence-electron chi connectivity index (χ0n) is 21.5. The summed E-state index contributed by atoms with van der Waals surface area (Å²) in [5.74, 6) is -0.411. The zero-order chi connectivity index (χ0) is 29.4. The summed E-state index contributed by atoms with van der Waals surface area (Å²) in [6.07, 6.45) is 1.31. The maximum atomic E-state index is 12.9. The Bertz CT molecular complexity index is 1690. The molecule has 0 heterocycles. The number of carbonyl (C=O) groups is 2. The minimum absolute atomic E-state index is 0.0166. The monoisotopic (exact) mass is 655 g/mol. The second-order valence-corrected chi connectivity index (χ2v) is 11.4. The van der Waals surface area contributed by atoms with Crippen LogP contribution in [-0.4, -0.2) is 33.1 Å². The van der Waals surface area contributed by atoms with Gasteiger partial charge in [0.25, 0.3) is 15.9 Å². The van der Waals surface area contributed by atoms with E-state index in [1.807, 2.05) is 6.92 Å². The molecule has 4 aromatic carbocycles. The molecule has 12 heteroatoms. The number of anilines is 1. The predicted octanol–water partition coefficient (Wildman–Crippen LogP) is 6.29. The van der Waals surface area contributed by atoms with Crippen LogP contribution in [0.4, 0.5) is 5.69 Å². The summed E-state index contributed by atoms with van der Waals surface area (Å²) in [5, 5.41) is 4.38. The molecule has 2 N–H and O–H groups in total. The van der Waals surface area contributed by atoms with E-state index in [9.17, 15) is 18.0 Å². The first-order valence-corrected chi connectivity index (χ1v) is 14.8. The van der Waals surface area contributed by atoms with Crippen LogP contribution >= 0.6 is 27.5 Å². The van der Waals surface area contributed by atoms with Crippen LogP contribution < -0.4 is 19.6 Å². The third-order valence-corrected chi connectivity index (χ3v) is 7.61. The standard InChI is InChI=1S/C29H23BrClN3O6S/c1-2-39-23-12-7-19(8-13-23)29(36)40-27-16-9-21(30)17-20(27)18-32-33-28(35)25-5-3-4-6-26(25)34-41(37,38)24-14-10-22(31)11-15-24/h3-18,34H,2H2,1H3,(H,33,35)/b32-18+. The number of hydrazone groups is 1. The average Bonchev–Trinajstić information content (AvgIpc) is 2.95. The van der Waals surface area contributed by atoms with E-state index in [-0.39, 0.29) is 21.9 Å². The molecule has 0 saturated carbocycles. The van der Waals surface area contributed by atoms with Crippen LogP contribution in [0.1, 0.15) is 33.2 Å². The van der Waals surface area contributed by atoms with Gasteiger partial charge in [0.15, 0.2) is 0 Å². The Labute approximate surface area is 250 Å². The molecule has 0 aliphatic rings. The molecule has 210 valence electrons. The molecular formula is C29H23BrClN3O6S. The van der Waals surface area contributed by atoms with Gasteiger partial charge in [-0.25, -0.2) is 18.6 Å². The van der Waals surface area contributed by atoms with Crippen molar-refractivity contribution >= 4 is 61.3 Å². The minimum atomic E-state index is -3.99. The second-order valence-electron chi connectivity index (χ2n) is 8.33. The first-order chi connectivity index (χ1) is 19.7. The van der Waals surface area contributed by atoms with Gasteiger partial charge in [-0.2, -0.15) is 5.10 Å². The molecule has 4 rings (SSSR count).